The van der Waals surface area contributed by atoms with Crippen LogP contribution in [0.25, 0.3) is 0 Å². The molecule has 1 saturated heterocycles. The molecule has 1 N–H and O–H groups in total. The van der Waals surface area contributed by atoms with E-state index in [-0.39, 0.29) is 11.8 Å². The number of amides is 2. The lowest BCUT2D eigenvalue weighted by molar-refractivity contribution is -0.137. The molecule has 0 spiro atoms. The third-order valence-electron chi connectivity index (χ3n) is 5.56. The van der Waals surface area contributed by atoms with E-state index < -0.39 is 5.41 Å². The van der Waals surface area contributed by atoms with Crippen molar-refractivity contribution < 1.29 is 19.1 Å². The Morgan fingerprint density at radius 3 is 2.64 bits per heavy atom. The standard InChI is InChI=1S/C19H24N2O4/c22-17-5-9-21(10-8-20-17)18(23)19(6-1-2-7-19)14-3-4-15-16(13-14)25-12-11-24-15/h3-4,13H,1-2,5-12H2,(H,20,22). The van der Waals surface area contributed by atoms with E-state index in [1.807, 2.05) is 23.1 Å². The highest BCUT2D eigenvalue weighted by molar-refractivity contribution is 5.89. The van der Waals surface area contributed by atoms with E-state index >= 15 is 0 Å². The zero-order valence-corrected chi connectivity index (χ0v) is 14.4. The monoisotopic (exact) mass is 344 g/mol. The predicted molar refractivity (Wildman–Crippen MR) is 91.8 cm³/mol. The molecule has 2 amide bonds. The Balaban J connectivity index is 1.65. The summed E-state index contributed by atoms with van der Waals surface area (Å²) in [6.45, 7) is 2.71. The molecule has 2 aliphatic heterocycles. The quantitative estimate of drug-likeness (QED) is 0.885. The van der Waals surface area contributed by atoms with E-state index in [9.17, 15) is 9.59 Å². The number of hydrogen-bond donors (Lipinski definition) is 1. The number of benzene rings is 1. The summed E-state index contributed by atoms with van der Waals surface area (Å²) < 4.78 is 11.3. The van der Waals surface area contributed by atoms with Crippen molar-refractivity contribution in [3.05, 3.63) is 23.8 Å². The number of carbonyl (C=O) groups excluding carboxylic acids is 2. The Kier molecular flexibility index (Phi) is 4.27. The van der Waals surface area contributed by atoms with Crippen molar-refractivity contribution >= 4 is 11.8 Å². The Hall–Kier alpha value is -2.24. The number of nitrogens with zero attached hydrogens (tertiary/aromatic N) is 1. The first kappa shape index (κ1) is 16.2. The lowest BCUT2D eigenvalue weighted by Gasteiger charge is -2.34. The van der Waals surface area contributed by atoms with E-state index in [4.69, 9.17) is 9.47 Å². The number of hydrogen-bond acceptors (Lipinski definition) is 4. The van der Waals surface area contributed by atoms with Crippen molar-refractivity contribution in [2.45, 2.75) is 37.5 Å². The molecule has 134 valence electrons. The molecule has 0 atom stereocenters. The second-order valence-corrected chi connectivity index (χ2v) is 7.04. The summed E-state index contributed by atoms with van der Waals surface area (Å²) in [6.07, 6.45) is 4.17. The molecule has 1 saturated carbocycles. The van der Waals surface area contributed by atoms with E-state index in [2.05, 4.69) is 5.32 Å². The molecule has 0 unspecified atom stereocenters. The SMILES string of the molecule is O=C1CCN(C(=O)C2(c3ccc4c(c3)OCCO4)CCCC2)CCN1. The normalized spacial score (nSPS) is 22.2. The van der Waals surface area contributed by atoms with E-state index in [0.717, 1.165) is 42.7 Å². The molecule has 1 aromatic rings. The van der Waals surface area contributed by atoms with E-state index in [1.54, 1.807) is 0 Å². The van der Waals surface area contributed by atoms with Crippen LogP contribution in [0.5, 0.6) is 11.5 Å². The van der Waals surface area contributed by atoms with Gasteiger partial charge in [0.25, 0.3) is 0 Å². The maximum atomic E-state index is 13.5. The van der Waals surface area contributed by atoms with Gasteiger partial charge in [0.2, 0.25) is 11.8 Å². The fraction of sp³-hybridized carbons (Fsp3) is 0.579. The van der Waals surface area contributed by atoms with Crippen LogP contribution in [0.1, 0.15) is 37.7 Å². The Morgan fingerprint density at radius 2 is 1.84 bits per heavy atom. The van der Waals surface area contributed by atoms with Crippen LogP contribution in [0.3, 0.4) is 0 Å². The minimum Gasteiger partial charge on any atom is -0.486 e. The van der Waals surface area contributed by atoms with Gasteiger partial charge in [0.05, 0.1) is 5.41 Å². The minimum atomic E-state index is -0.497. The Bertz CT molecular complexity index is 682. The van der Waals surface area contributed by atoms with Gasteiger partial charge < -0.3 is 19.7 Å². The zero-order valence-electron chi connectivity index (χ0n) is 14.4. The fourth-order valence-electron chi connectivity index (χ4n) is 4.22. The zero-order chi connectivity index (χ0) is 17.3. The van der Waals surface area contributed by atoms with Crippen LogP contribution < -0.4 is 14.8 Å². The maximum Gasteiger partial charge on any atom is 0.233 e. The average Bonchev–Trinajstić information content (AvgIpc) is 3.05. The summed E-state index contributed by atoms with van der Waals surface area (Å²) in [4.78, 5) is 26.9. The van der Waals surface area contributed by atoms with Crippen molar-refractivity contribution in [1.29, 1.82) is 0 Å². The number of nitrogens with one attached hydrogen (secondary N) is 1. The molecule has 2 fully saturated rings. The molecule has 6 heteroatoms. The van der Waals surface area contributed by atoms with Crippen LogP contribution in [0, 0.1) is 0 Å². The molecule has 3 aliphatic rings. The maximum absolute atomic E-state index is 13.5. The summed E-state index contributed by atoms with van der Waals surface area (Å²) >= 11 is 0. The summed E-state index contributed by atoms with van der Waals surface area (Å²) in [5.74, 6) is 1.66. The molecule has 6 nitrogen and oxygen atoms in total. The van der Waals surface area contributed by atoms with Gasteiger partial charge in [-0.1, -0.05) is 18.9 Å². The number of ether oxygens (including phenoxy) is 2. The topological polar surface area (TPSA) is 67.9 Å². The van der Waals surface area contributed by atoms with Gasteiger partial charge in [0, 0.05) is 26.1 Å². The second-order valence-electron chi connectivity index (χ2n) is 7.04. The first-order chi connectivity index (χ1) is 12.2. The van der Waals surface area contributed by atoms with Crippen LogP contribution in [-0.2, 0) is 15.0 Å². The van der Waals surface area contributed by atoms with Crippen molar-refractivity contribution in [2.75, 3.05) is 32.8 Å². The number of rotatable bonds is 2. The van der Waals surface area contributed by atoms with Gasteiger partial charge in [-0.15, -0.1) is 0 Å². The number of fused-ring (bicyclic) bond motifs is 1. The molecule has 0 bridgehead atoms. The lowest BCUT2D eigenvalue weighted by Crippen LogP contribution is -2.46. The van der Waals surface area contributed by atoms with Gasteiger partial charge >= 0.3 is 0 Å². The smallest absolute Gasteiger partial charge is 0.233 e. The van der Waals surface area contributed by atoms with E-state index in [1.165, 1.54) is 0 Å². The summed E-state index contributed by atoms with van der Waals surface area (Å²) in [7, 11) is 0. The highest BCUT2D eigenvalue weighted by Gasteiger charge is 2.45. The van der Waals surface area contributed by atoms with Crippen molar-refractivity contribution in [2.24, 2.45) is 0 Å². The predicted octanol–water partition coefficient (Wildman–Crippen LogP) is 1.62. The fourth-order valence-corrected chi connectivity index (χ4v) is 4.22. The summed E-state index contributed by atoms with van der Waals surface area (Å²) in [6, 6.07) is 5.92. The number of carbonyl (C=O) groups is 2. The lowest BCUT2D eigenvalue weighted by atomic mass is 9.77. The van der Waals surface area contributed by atoms with Gasteiger partial charge in [-0.2, -0.15) is 0 Å². The van der Waals surface area contributed by atoms with Gasteiger partial charge in [0.1, 0.15) is 13.2 Å². The molecule has 0 radical (unpaired) electrons. The Labute approximate surface area is 147 Å². The highest BCUT2D eigenvalue weighted by atomic mass is 16.6. The van der Waals surface area contributed by atoms with Gasteiger partial charge in [-0.25, -0.2) is 0 Å². The minimum absolute atomic E-state index is 0.0232. The first-order valence-electron chi connectivity index (χ1n) is 9.15. The summed E-state index contributed by atoms with van der Waals surface area (Å²) in [5.41, 5.74) is 0.520. The van der Waals surface area contributed by atoms with Crippen LogP contribution in [0.15, 0.2) is 18.2 Å². The van der Waals surface area contributed by atoms with E-state index in [0.29, 0.717) is 39.3 Å². The van der Waals surface area contributed by atoms with Crippen molar-refractivity contribution in [3.8, 4) is 11.5 Å². The molecule has 0 aromatic heterocycles. The molecular weight excluding hydrogens is 320 g/mol. The van der Waals surface area contributed by atoms with Crippen LogP contribution in [-0.4, -0.2) is 49.6 Å². The second kappa shape index (κ2) is 6.58. The molecule has 4 rings (SSSR count). The van der Waals surface area contributed by atoms with Crippen molar-refractivity contribution in [3.63, 3.8) is 0 Å². The van der Waals surface area contributed by atoms with Gasteiger partial charge in [0.15, 0.2) is 11.5 Å². The molecular formula is C19H24N2O4. The summed E-state index contributed by atoms with van der Waals surface area (Å²) in [5, 5.41) is 2.84. The molecule has 1 aromatic carbocycles. The highest BCUT2D eigenvalue weighted by Crippen LogP contribution is 2.45. The average molecular weight is 344 g/mol. The van der Waals surface area contributed by atoms with Crippen LogP contribution >= 0.6 is 0 Å². The third kappa shape index (κ3) is 2.94. The van der Waals surface area contributed by atoms with Gasteiger partial charge in [-0.05, 0) is 30.5 Å². The van der Waals surface area contributed by atoms with Crippen LogP contribution in [0.2, 0.25) is 0 Å². The Morgan fingerprint density at radius 1 is 1.08 bits per heavy atom. The molecule has 25 heavy (non-hydrogen) atoms. The van der Waals surface area contributed by atoms with Crippen LogP contribution in [0.4, 0.5) is 0 Å². The molecule has 1 aliphatic carbocycles. The first-order valence-corrected chi connectivity index (χ1v) is 9.15. The van der Waals surface area contributed by atoms with Gasteiger partial charge in [-0.3, -0.25) is 9.59 Å². The third-order valence-corrected chi connectivity index (χ3v) is 5.56. The largest absolute Gasteiger partial charge is 0.486 e. The van der Waals surface area contributed by atoms with Crippen molar-refractivity contribution in [1.82, 2.24) is 10.2 Å². The molecule has 2 heterocycles.